The van der Waals surface area contributed by atoms with Gasteiger partial charge in [0.2, 0.25) is 50.6 Å². The average molecular weight is 1280 g/mol. The maximum absolute atomic E-state index is 10.1. The Morgan fingerprint density at radius 3 is 0.345 bits per heavy atom. The second-order valence-electron chi connectivity index (χ2n) is 17.0. The van der Waals surface area contributed by atoms with Crippen molar-refractivity contribution in [1.82, 2.24) is 36.5 Å². The smallest absolute Gasteiger partial charge is 0.243 e. The molecule has 0 aromatic carbocycles. The van der Waals surface area contributed by atoms with Gasteiger partial charge in [0.25, 0.3) is 0 Å². The SMILES string of the molecule is CCn1cc[n+](C)c1.CCn1cc[n+](C)c1.CCn1cc[n+](C)c1.CCn1cc[n+](C)c1.CCn1cc[n+](C)c1.CCn1cc[n+](C)c1.CCn1cc[n+](C)c1.CCn1cc[n+](C)c1.O=P([O-])([O-])F.O=P([O-])([O-])F.O=P([O-])([O-])F.O=P([O-])([O-])F. The Morgan fingerprint density at radius 2 is 0.321 bits per heavy atom. The first-order valence-electron chi connectivity index (χ1n) is 25.6. The second kappa shape index (κ2) is 46.3. The highest BCUT2D eigenvalue weighted by Crippen LogP contribution is 2.23. The Hall–Kier alpha value is -6.00. The molecule has 0 saturated carbocycles. The fraction of sp³-hybridized carbons (Fsp3) is 0.500. The predicted octanol–water partition coefficient (Wildman–Crippen LogP) is -2.20. The van der Waals surface area contributed by atoms with E-state index in [1.165, 1.54) is 0 Å². The molecule has 0 spiro atoms. The van der Waals surface area contributed by atoms with Crippen LogP contribution in [-0.2, 0) is 127 Å². The third kappa shape index (κ3) is 63.6. The summed E-state index contributed by atoms with van der Waals surface area (Å²) in [6, 6.07) is 0. The highest BCUT2D eigenvalue weighted by atomic mass is 31.2. The minimum Gasteiger partial charge on any atom is -0.786 e. The summed E-state index contributed by atoms with van der Waals surface area (Å²) in [5, 5.41) is 0. The molecule has 0 saturated heterocycles. The van der Waals surface area contributed by atoms with E-state index in [2.05, 4.69) is 192 Å². The van der Waals surface area contributed by atoms with Crippen LogP contribution in [0.15, 0.2) is 150 Å². The summed E-state index contributed by atoms with van der Waals surface area (Å²) in [5.41, 5.74) is 0. The molecule has 0 aliphatic heterocycles. The summed E-state index contributed by atoms with van der Waals surface area (Å²) in [6.07, 6.45) is 49.1. The molecule has 0 fully saturated rings. The molecule has 8 heterocycles. The van der Waals surface area contributed by atoms with Crippen LogP contribution in [0.25, 0.3) is 0 Å². The lowest BCUT2D eigenvalue weighted by Crippen LogP contribution is -2.23. The number of aromatic nitrogens is 16. The highest BCUT2D eigenvalue weighted by Gasteiger charge is 1.97. The van der Waals surface area contributed by atoms with Crippen LogP contribution < -0.4 is 75.7 Å². The summed E-state index contributed by atoms with van der Waals surface area (Å²) in [7, 11) is -6.40. The highest BCUT2D eigenvalue weighted by molar-refractivity contribution is 7.43. The minimum atomic E-state index is -5.64. The Labute approximate surface area is 491 Å². The summed E-state index contributed by atoms with van der Waals surface area (Å²) in [6.45, 7) is 25.5. The number of nitrogens with zero attached hydrogens (tertiary/aromatic N) is 16. The Bertz CT molecular complexity index is 2470. The lowest BCUT2D eigenvalue weighted by molar-refractivity contribution is -0.671. The van der Waals surface area contributed by atoms with Gasteiger partial charge in [-0.25, -0.2) is 89.9 Å². The number of imidazole rings is 8. The predicted molar refractivity (Wildman–Crippen MR) is 285 cm³/mol. The number of aryl methyl sites for hydroxylation is 16. The zero-order valence-electron chi connectivity index (χ0n) is 50.9. The minimum absolute atomic E-state index is 1.06. The largest absolute Gasteiger partial charge is 0.786 e. The molecule has 0 amide bonds. The van der Waals surface area contributed by atoms with Gasteiger partial charge < -0.3 is 57.4 Å². The molecular weight excluding hydrogens is 1190 g/mol. The normalized spacial score (nSPS) is 10.2. The lowest BCUT2D eigenvalue weighted by atomic mass is 10.7. The van der Waals surface area contributed by atoms with Gasteiger partial charge in [-0.05, 0) is 55.4 Å². The van der Waals surface area contributed by atoms with Crippen LogP contribution in [0.1, 0.15) is 55.4 Å². The van der Waals surface area contributed by atoms with Gasteiger partial charge >= 0.3 is 0 Å². The van der Waals surface area contributed by atoms with E-state index in [-0.39, 0.29) is 0 Å². The van der Waals surface area contributed by atoms with Gasteiger partial charge in [0.15, 0.2) is 0 Å². The van der Waals surface area contributed by atoms with Crippen molar-refractivity contribution >= 4 is 31.6 Å². The van der Waals surface area contributed by atoms with E-state index in [4.69, 9.17) is 57.4 Å². The third-order valence-corrected chi connectivity index (χ3v) is 9.51. The quantitative estimate of drug-likeness (QED) is 0.0889. The van der Waals surface area contributed by atoms with Crippen LogP contribution in [0.4, 0.5) is 16.8 Å². The van der Waals surface area contributed by atoms with Crippen molar-refractivity contribution in [2.24, 2.45) is 56.4 Å². The number of hydrogen-bond acceptors (Lipinski definition) is 12. The number of hydrogen-bond donors (Lipinski definition) is 0. The fourth-order valence-corrected chi connectivity index (χ4v) is 5.51. The molecule has 8 rings (SSSR count). The van der Waals surface area contributed by atoms with Crippen LogP contribution in [-0.4, -0.2) is 36.5 Å². The molecule has 0 N–H and O–H groups in total. The molecule has 36 heteroatoms. The van der Waals surface area contributed by atoms with Crippen LogP contribution in [0.3, 0.4) is 0 Å². The molecular formula is C48H88F4N16O12P4. The first-order valence-corrected chi connectivity index (χ1v) is 31.3. The molecule has 84 heavy (non-hydrogen) atoms. The molecule has 0 atom stereocenters. The molecule has 8 aromatic heterocycles. The van der Waals surface area contributed by atoms with E-state index in [0.717, 1.165) is 52.4 Å². The average Bonchev–Trinajstić information content (AvgIpc) is 4.24. The van der Waals surface area contributed by atoms with Crippen molar-refractivity contribution in [2.75, 3.05) is 0 Å². The van der Waals surface area contributed by atoms with Crippen molar-refractivity contribution in [3.05, 3.63) is 150 Å². The van der Waals surface area contributed by atoms with E-state index in [9.17, 15) is 16.8 Å². The summed E-state index contributed by atoms with van der Waals surface area (Å²) in [4.78, 5) is 67.5. The molecule has 0 bridgehead atoms. The van der Waals surface area contributed by atoms with E-state index < -0.39 is 31.6 Å². The van der Waals surface area contributed by atoms with Crippen LogP contribution >= 0.6 is 31.6 Å². The van der Waals surface area contributed by atoms with Crippen LogP contribution in [0.5, 0.6) is 0 Å². The Balaban J connectivity index is -0.000000418. The van der Waals surface area contributed by atoms with E-state index >= 15 is 0 Å². The van der Waals surface area contributed by atoms with Crippen molar-refractivity contribution in [3.8, 4) is 0 Å². The second-order valence-corrected chi connectivity index (χ2v) is 20.4. The number of halogens is 4. The van der Waals surface area contributed by atoms with Crippen molar-refractivity contribution < 1.29 is 111 Å². The van der Waals surface area contributed by atoms with Gasteiger partial charge in [0.1, 0.15) is 131 Å². The molecule has 0 aliphatic rings. The lowest BCUT2D eigenvalue weighted by Gasteiger charge is -2.15. The zero-order valence-corrected chi connectivity index (χ0v) is 54.4. The summed E-state index contributed by atoms with van der Waals surface area (Å²) < 4.78 is 108. The van der Waals surface area contributed by atoms with Crippen LogP contribution in [0, 0.1) is 0 Å². The van der Waals surface area contributed by atoms with E-state index in [1.807, 2.05) is 142 Å². The molecule has 0 aliphatic carbocycles. The van der Waals surface area contributed by atoms with Gasteiger partial charge in [0, 0.05) is 0 Å². The van der Waals surface area contributed by atoms with Crippen LogP contribution in [0.2, 0.25) is 0 Å². The van der Waals surface area contributed by atoms with Crippen molar-refractivity contribution in [3.63, 3.8) is 0 Å². The van der Waals surface area contributed by atoms with Crippen molar-refractivity contribution in [1.29, 1.82) is 0 Å². The Kier molecular flexibility index (Phi) is 46.6. The van der Waals surface area contributed by atoms with Gasteiger partial charge in [-0.1, -0.05) is 0 Å². The molecule has 8 aromatic rings. The van der Waals surface area contributed by atoms with Gasteiger partial charge in [-0.15, -0.1) is 0 Å². The Morgan fingerprint density at radius 1 is 0.250 bits per heavy atom. The van der Waals surface area contributed by atoms with E-state index in [0.29, 0.717) is 0 Å². The number of rotatable bonds is 8. The maximum Gasteiger partial charge on any atom is 0.243 e. The maximum atomic E-state index is 10.1. The van der Waals surface area contributed by atoms with Gasteiger partial charge in [-0.3, -0.25) is 0 Å². The molecule has 480 valence electrons. The standard InChI is InChI=1S/8C6H11N2.4FH2O3P/c8*1-3-8-5-4-7(2)6-8;4*1-5(2,3)4/h8*4-6H,3H2,1-2H3;4*(H2,2,3,4)/q8*+1;;;;/p-8. The monoisotopic (exact) mass is 1280 g/mol. The zero-order chi connectivity index (χ0) is 65.9. The topological polar surface area (TPSA) is 323 Å². The van der Waals surface area contributed by atoms with Crippen molar-refractivity contribution in [2.45, 2.75) is 108 Å². The van der Waals surface area contributed by atoms with Gasteiger partial charge in [0.05, 0.1) is 109 Å². The van der Waals surface area contributed by atoms with E-state index in [1.54, 1.807) is 0 Å². The summed E-state index contributed by atoms with van der Waals surface area (Å²) >= 11 is 0. The molecule has 28 nitrogen and oxygen atoms in total. The first kappa shape index (κ1) is 84.5. The third-order valence-electron chi connectivity index (χ3n) is 9.51. The molecule has 0 radical (unpaired) electrons. The molecule has 0 unspecified atom stereocenters. The fourth-order valence-electron chi connectivity index (χ4n) is 5.51. The van der Waals surface area contributed by atoms with Gasteiger partial charge in [-0.2, -0.15) is 0 Å². The summed E-state index contributed by atoms with van der Waals surface area (Å²) in [5.74, 6) is 0. The first-order chi connectivity index (χ1) is 38.6.